The van der Waals surface area contributed by atoms with Crippen molar-refractivity contribution in [1.82, 2.24) is 0 Å². The van der Waals surface area contributed by atoms with Crippen molar-refractivity contribution < 1.29 is 0 Å². The molecule has 0 saturated heterocycles. The molecule has 4 aliphatic carbocycles. The lowest BCUT2D eigenvalue weighted by Gasteiger charge is -2.62. The molecule has 0 aromatic heterocycles. The molecular weight excluding hydrogens is 556 g/mol. The fourth-order valence-corrected chi connectivity index (χ4v) is 33.1. The first-order valence-corrected chi connectivity index (χ1v) is 25.2. The van der Waals surface area contributed by atoms with Gasteiger partial charge in [0.2, 0.25) is 0 Å². The maximum absolute atomic E-state index is 2.79. The molecular formula is C36H70P4. The molecule has 0 spiro atoms. The Hall–Kier alpha value is 1.72. The first kappa shape index (κ1) is 34.6. The summed E-state index contributed by atoms with van der Waals surface area (Å²) in [5, 5.41) is 1.16. The van der Waals surface area contributed by atoms with Crippen LogP contribution in [0.4, 0.5) is 0 Å². The molecule has 234 valence electrons. The Morgan fingerprint density at radius 3 is 1.12 bits per heavy atom. The zero-order valence-electron chi connectivity index (χ0n) is 27.9. The van der Waals surface area contributed by atoms with Crippen LogP contribution in [-0.4, -0.2) is 57.6 Å². The number of rotatable bonds is 14. The van der Waals surface area contributed by atoms with Gasteiger partial charge in [0.15, 0.2) is 0 Å². The lowest BCUT2D eigenvalue weighted by atomic mass is 9.99. The fraction of sp³-hybridized carbons (Fsp3) is 1.00. The van der Waals surface area contributed by atoms with Crippen molar-refractivity contribution in [2.24, 2.45) is 0 Å². The first-order valence-electron chi connectivity index (χ1n) is 18.7. The summed E-state index contributed by atoms with van der Waals surface area (Å²) < 4.78 is 0. The molecule has 0 heterocycles. The summed E-state index contributed by atoms with van der Waals surface area (Å²) in [7, 11) is 0.496. The van der Waals surface area contributed by atoms with Gasteiger partial charge in [-0.05, 0) is 105 Å². The standard InChI is InChI=1S/C36H70P4/c1-6-36(38(9-4)10-5,40(33-27-19-13-20-28-33)34-29-21-14-22-30-34)35(37(7-2)8-3)39(31-23-15-11-16-24-31)32-25-17-12-18-26-32/h31-35H,6-30H2,1-5H3. The molecule has 0 aliphatic heterocycles. The first-order chi connectivity index (χ1) is 19.7. The maximum Gasteiger partial charge on any atom is 0.0215 e. The van der Waals surface area contributed by atoms with E-state index in [1.807, 2.05) is 0 Å². The second-order valence-corrected chi connectivity index (χ2v) is 26.8. The van der Waals surface area contributed by atoms with Crippen LogP contribution in [0.2, 0.25) is 0 Å². The minimum atomic E-state index is 0.108. The van der Waals surface area contributed by atoms with Crippen LogP contribution in [-0.2, 0) is 0 Å². The largest absolute Gasteiger partial charge is 0.0984 e. The zero-order chi connectivity index (χ0) is 28.4. The monoisotopic (exact) mass is 626 g/mol. The number of hydrogen-bond donors (Lipinski definition) is 0. The van der Waals surface area contributed by atoms with Gasteiger partial charge >= 0.3 is 0 Å². The SMILES string of the molecule is CCP(CC)C(P(C1CCCCC1)C1CCCCC1)C(CC)(P(CC)CC)P(C1CCCCC1)C1CCCCC1. The van der Waals surface area contributed by atoms with E-state index in [9.17, 15) is 0 Å². The summed E-state index contributed by atoms with van der Waals surface area (Å²) in [6.45, 7) is 13.5. The van der Waals surface area contributed by atoms with Gasteiger partial charge in [0.1, 0.15) is 0 Å². The van der Waals surface area contributed by atoms with E-state index in [1.165, 1.54) is 50.3 Å². The minimum Gasteiger partial charge on any atom is -0.0984 e. The van der Waals surface area contributed by atoms with Crippen molar-refractivity contribution in [3.8, 4) is 0 Å². The van der Waals surface area contributed by atoms with Gasteiger partial charge in [-0.1, -0.05) is 143 Å². The molecule has 40 heavy (non-hydrogen) atoms. The van der Waals surface area contributed by atoms with Gasteiger partial charge < -0.3 is 0 Å². The van der Waals surface area contributed by atoms with E-state index >= 15 is 0 Å². The zero-order valence-corrected chi connectivity index (χ0v) is 31.4. The molecule has 4 fully saturated rings. The van der Waals surface area contributed by atoms with Crippen LogP contribution < -0.4 is 0 Å². The van der Waals surface area contributed by atoms with Crippen LogP contribution in [0.25, 0.3) is 0 Å². The predicted molar refractivity (Wildman–Crippen MR) is 194 cm³/mol. The van der Waals surface area contributed by atoms with Crippen LogP contribution >= 0.6 is 31.7 Å². The molecule has 0 radical (unpaired) electrons. The third-order valence-electron chi connectivity index (χ3n) is 12.1. The van der Waals surface area contributed by atoms with Gasteiger partial charge in [-0.15, -0.1) is 0 Å². The van der Waals surface area contributed by atoms with E-state index in [4.69, 9.17) is 0 Å². The highest BCUT2D eigenvalue weighted by Gasteiger charge is 2.58. The highest BCUT2D eigenvalue weighted by atomic mass is 31.2. The highest BCUT2D eigenvalue weighted by molar-refractivity contribution is 7.84. The van der Waals surface area contributed by atoms with E-state index < -0.39 is 0 Å². The topological polar surface area (TPSA) is 0 Å². The van der Waals surface area contributed by atoms with Crippen molar-refractivity contribution in [3.05, 3.63) is 0 Å². The van der Waals surface area contributed by atoms with Gasteiger partial charge in [0.25, 0.3) is 0 Å². The van der Waals surface area contributed by atoms with Gasteiger partial charge in [0.05, 0.1) is 0 Å². The molecule has 4 rings (SSSR count). The molecule has 4 saturated carbocycles. The fourth-order valence-electron chi connectivity index (χ4n) is 10.2. The second kappa shape index (κ2) is 18.0. The van der Waals surface area contributed by atoms with Gasteiger partial charge in [-0.3, -0.25) is 0 Å². The van der Waals surface area contributed by atoms with Crippen LogP contribution in [0.1, 0.15) is 169 Å². The smallest absolute Gasteiger partial charge is 0.0215 e. The Kier molecular flexibility index (Phi) is 15.6. The summed E-state index contributed by atoms with van der Waals surface area (Å²) in [5.74, 6) is 0. The lowest BCUT2D eigenvalue weighted by Crippen LogP contribution is -2.46. The van der Waals surface area contributed by atoms with E-state index in [-0.39, 0.29) is 31.7 Å². The molecule has 4 heteroatoms. The van der Waals surface area contributed by atoms with Crippen molar-refractivity contribution >= 4 is 31.7 Å². The molecule has 0 aromatic rings. The van der Waals surface area contributed by atoms with E-state index in [2.05, 4.69) is 34.6 Å². The molecule has 2 unspecified atom stereocenters. The molecule has 0 N–H and O–H groups in total. The summed E-state index contributed by atoms with van der Waals surface area (Å²) in [4.78, 5) is 0.747. The summed E-state index contributed by atoms with van der Waals surface area (Å²) in [5.41, 5.74) is 4.51. The summed E-state index contributed by atoms with van der Waals surface area (Å²) in [6.07, 6.45) is 39.3. The Bertz CT molecular complexity index is 630. The van der Waals surface area contributed by atoms with Crippen LogP contribution in [0.3, 0.4) is 0 Å². The molecule has 4 aliphatic rings. The highest BCUT2D eigenvalue weighted by Crippen LogP contribution is 2.85. The quantitative estimate of drug-likeness (QED) is 0.168. The third kappa shape index (κ3) is 7.92. The van der Waals surface area contributed by atoms with Crippen molar-refractivity contribution in [3.63, 3.8) is 0 Å². The average molecular weight is 627 g/mol. The molecule has 2 atom stereocenters. The Morgan fingerprint density at radius 2 is 0.825 bits per heavy atom. The van der Waals surface area contributed by atoms with Crippen molar-refractivity contribution in [1.29, 1.82) is 0 Å². The van der Waals surface area contributed by atoms with Crippen LogP contribution in [0.15, 0.2) is 0 Å². The van der Waals surface area contributed by atoms with Crippen molar-refractivity contribution in [2.45, 2.75) is 202 Å². The van der Waals surface area contributed by atoms with Gasteiger partial charge in [-0.2, -0.15) is 0 Å². The average Bonchev–Trinajstić information content (AvgIpc) is 3.03. The molecule has 0 bridgehead atoms. The van der Waals surface area contributed by atoms with Gasteiger partial charge in [-0.25, -0.2) is 0 Å². The van der Waals surface area contributed by atoms with Crippen LogP contribution in [0.5, 0.6) is 0 Å². The summed E-state index contributed by atoms with van der Waals surface area (Å²) in [6, 6.07) is 0. The predicted octanol–water partition coefficient (Wildman–Crippen LogP) is 13.8. The van der Waals surface area contributed by atoms with Gasteiger partial charge in [0, 0.05) is 10.3 Å². The second-order valence-electron chi connectivity index (χ2n) is 14.0. The number of hydrogen-bond acceptors (Lipinski definition) is 0. The maximum atomic E-state index is 2.79. The minimum absolute atomic E-state index is 0.108. The van der Waals surface area contributed by atoms with E-state index in [1.54, 1.807) is 109 Å². The molecule has 0 amide bonds. The Morgan fingerprint density at radius 1 is 0.475 bits per heavy atom. The molecule has 0 aromatic carbocycles. The summed E-state index contributed by atoms with van der Waals surface area (Å²) >= 11 is 0. The Labute approximate surface area is 257 Å². The normalized spacial score (nSPS) is 25.7. The van der Waals surface area contributed by atoms with Crippen LogP contribution in [0, 0.1) is 0 Å². The Balaban J connectivity index is 1.92. The third-order valence-corrected chi connectivity index (χ3v) is 30.0. The van der Waals surface area contributed by atoms with E-state index in [0.717, 1.165) is 32.9 Å². The van der Waals surface area contributed by atoms with E-state index in [0.29, 0.717) is 0 Å². The lowest BCUT2D eigenvalue weighted by molar-refractivity contribution is 0.473. The van der Waals surface area contributed by atoms with Crippen molar-refractivity contribution in [2.75, 3.05) is 24.6 Å². The molecule has 0 nitrogen and oxygen atoms in total.